The predicted molar refractivity (Wildman–Crippen MR) is 93.7 cm³/mol. The van der Waals surface area contributed by atoms with Crippen LogP contribution in [-0.4, -0.2) is 25.0 Å². The average Bonchev–Trinajstić information content (AvgIpc) is 2.58. The highest BCUT2D eigenvalue weighted by atomic mass is 35.5. The normalized spacial score (nSPS) is 11.7. The number of hydrogen-bond donors (Lipinski definition) is 0. The van der Waals surface area contributed by atoms with Crippen LogP contribution in [-0.2, 0) is 4.74 Å². The lowest BCUT2D eigenvalue weighted by Crippen LogP contribution is -2.24. The Morgan fingerprint density at radius 3 is 2.12 bits per heavy atom. The van der Waals surface area contributed by atoms with E-state index in [4.69, 9.17) is 44.3 Å². The van der Waals surface area contributed by atoms with Crippen LogP contribution in [0.3, 0.4) is 0 Å². The number of ether oxygens (including phenoxy) is 2. The molecule has 0 bridgehead atoms. The van der Waals surface area contributed by atoms with E-state index in [-0.39, 0.29) is 26.4 Å². The molecule has 1 atom stereocenters. The number of carbonyl (C=O) groups is 2. The zero-order valence-corrected chi connectivity index (χ0v) is 15.1. The maximum Gasteiger partial charge on any atom is 0.341 e. The van der Waals surface area contributed by atoms with E-state index in [1.807, 2.05) is 0 Å². The molecular weight excluding hydrogens is 375 g/mol. The lowest BCUT2D eigenvalue weighted by Gasteiger charge is -2.14. The molecule has 0 heterocycles. The molecule has 0 aliphatic rings. The summed E-state index contributed by atoms with van der Waals surface area (Å²) in [5, 5.41) is 0.249. The molecular formula is C17H13Cl3O4. The number of carbonyl (C=O) groups excluding carboxylic acids is 2. The molecule has 0 fully saturated rings. The monoisotopic (exact) mass is 386 g/mol. The van der Waals surface area contributed by atoms with Crippen LogP contribution in [0.4, 0.5) is 0 Å². The van der Waals surface area contributed by atoms with Gasteiger partial charge in [-0.3, -0.25) is 4.79 Å². The standard InChI is InChI=1S/C17H13Cl3O4/c1-9(16(21)10-3-5-11(23-2)6-4-10)24-17(22)14-12(18)7-8-13(19)15(14)20/h3-9H,1-2H3. The van der Waals surface area contributed by atoms with Crippen molar-refractivity contribution in [1.82, 2.24) is 0 Å². The Morgan fingerprint density at radius 2 is 1.54 bits per heavy atom. The average molecular weight is 388 g/mol. The number of Topliss-reactive ketones (excluding diaryl/α,β-unsaturated/α-hetero) is 1. The van der Waals surface area contributed by atoms with E-state index >= 15 is 0 Å². The molecule has 2 aromatic rings. The first kappa shape index (κ1) is 18.6. The first-order chi connectivity index (χ1) is 11.3. The summed E-state index contributed by atoms with van der Waals surface area (Å²) in [6, 6.07) is 9.37. The smallest absolute Gasteiger partial charge is 0.341 e. The van der Waals surface area contributed by atoms with Crippen LogP contribution in [0.25, 0.3) is 0 Å². The maximum atomic E-state index is 12.3. The molecule has 0 N–H and O–H groups in total. The number of ketones is 1. The highest BCUT2D eigenvalue weighted by molar-refractivity contribution is 6.46. The highest BCUT2D eigenvalue weighted by Crippen LogP contribution is 2.32. The fourth-order valence-corrected chi connectivity index (χ4v) is 2.66. The maximum absolute atomic E-state index is 12.3. The zero-order valence-electron chi connectivity index (χ0n) is 12.8. The van der Waals surface area contributed by atoms with Crippen molar-refractivity contribution in [2.24, 2.45) is 0 Å². The van der Waals surface area contributed by atoms with Gasteiger partial charge in [0.1, 0.15) is 5.75 Å². The third-order valence-electron chi connectivity index (χ3n) is 3.28. The number of halogens is 3. The van der Waals surface area contributed by atoms with Gasteiger partial charge in [0.2, 0.25) is 5.78 Å². The number of methoxy groups -OCH3 is 1. The second kappa shape index (κ2) is 7.88. The molecule has 1 unspecified atom stereocenters. The molecule has 0 saturated carbocycles. The van der Waals surface area contributed by atoms with E-state index in [9.17, 15) is 9.59 Å². The topological polar surface area (TPSA) is 52.6 Å². The Kier molecular flexibility index (Phi) is 6.10. The number of benzene rings is 2. The van der Waals surface area contributed by atoms with Crippen molar-refractivity contribution in [1.29, 1.82) is 0 Å². The van der Waals surface area contributed by atoms with Gasteiger partial charge in [-0.1, -0.05) is 34.8 Å². The van der Waals surface area contributed by atoms with Gasteiger partial charge in [-0.05, 0) is 43.3 Å². The molecule has 4 nitrogen and oxygen atoms in total. The number of hydrogen-bond acceptors (Lipinski definition) is 4. The quantitative estimate of drug-likeness (QED) is 0.408. The molecule has 7 heteroatoms. The zero-order chi connectivity index (χ0) is 17.9. The summed E-state index contributed by atoms with van der Waals surface area (Å²) in [5.41, 5.74) is 0.319. The molecule has 126 valence electrons. The van der Waals surface area contributed by atoms with E-state index in [1.165, 1.54) is 26.2 Å². The van der Waals surface area contributed by atoms with Crippen LogP contribution in [0.15, 0.2) is 36.4 Å². The van der Waals surface area contributed by atoms with Gasteiger partial charge in [0.15, 0.2) is 6.10 Å². The first-order valence-corrected chi connectivity index (χ1v) is 8.01. The molecule has 0 amide bonds. The summed E-state index contributed by atoms with van der Waals surface area (Å²) in [5.74, 6) is -0.559. The minimum absolute atomic E-state index is 0.0155. The largest absolute Gasteiger partial charge is 0.497 e. The second-order valence-electron chi connectivity index (χ2n) is 4.86. The van der Waals surface area contributed by atoms with Gasteiger partial charge in [0, 0.05) is 5.56 Å². The Bertz CT molecular complexity index is 772. The van der Waals surface area contributed by atoms with Crippen molar-refractivity contribution < 1.29 is 19.1 Å². The number of rotatable bonds is 5. The molecule has 0 aliphatic carbocycles. The highest BCUT2D eigenvalue weighted by Gasteiger charge is 2.24. The lowest BCUT2D eigenvalue weighted by atomic mass is 10.1. The van der Waals surface area contributed by atoms with E-state index in [0.29, 0.717) is 11.3 Å². The molecule has 24 heavy (non-hydrogen) atoms. The van der Waals surface area contributed by atoms with Crippen molar-refractivity contribution in [3.05, 3.63) is 62.6 Å². The Hall–Kier alpha value is -1.75. The minimum atomic E-state index is -1.02. The van der Waals surface area contributed by atoms with Gasteiger partial charge in [0.25, 0.3) is 0 Å². The van der Waals surface area contributed by atoms with Gasteiger partial charge < -0.3 is 9.47 Å². The summed E-state index contributed by atoms with van der Waals surface area (Å²) in [6.45, 7) is 1.47. The Balaban J connectivity index is 2.16. The molecule has 0 aliphatic heterocycles. The summed E-state index contributed by atoms with van der Waals surface area (Å²) >= 11 is 17.8. The van der Waals surface area contributed by atoms with Crippen molar-refractivity contribution in [2.45, 2.75) is 13.0 Å². The van der Waals surface area contributed by atoms with Crippen molar-refractivity contribution in [3.63, 3.8) is 0 Å². The van der Waals surface area contributed by atoms with Gasteiger partial charge in [-0.15, -0.1) is 0 Å². The van der Waals surface area contributed by atoms with Gasteiger partial charge >= 0.3 is 5.97 Å². The minimum Gasteiger partial charge on any atom is -0.497 e. The predicted octanol–water partition coefficient (Wildman–Crippen LogP) is 5.08. The Labute approximate surface area is 154 Å². The molecule has 2 rings (SSSR count). The van der Waals surface area contributed by atoms with Crippen LogP contribution in [0.2, 0.25) is 15.1 Å². The van der Waals surface area contributed by atoms with Crippen LogP contribution < -0.4 is 4.74 Å². The Morgan fingerprint density at radius 1 is 0.958 bits per heavy atom. The van der Waals surface area contributed by atoms with Gasteiger partial charge in [0.05, 0.1) is 27.7 Å². The third kappa shape index (κ3) is 4.01. The van der Waals surface area contributed by atoms with Crippen LogP contribution in [0, 0.1) is 0 Å². The molecule has 2 aromatic carbocycles. The summed E-state index contributed by atoms with van der Waals surface area (Å²) in [4.78, 5) is 24.6. The van der Waals surface area contributed by atoms with Gasteiger partial charge in [-0.2, -0.15) is 0 Å². The molecule has 0 aromatic heterocycles. The van der Waals surface area contributed by atoms with Crippen LogP contribution >= 0.6 is 34.8 Å². The molecule has 0 spiro atoms. The van der Waals surface area contributed by atoms with Crippen molar-refractivity contribution in [2.75, 3.05) is 7.11 Å². The second-order valence-corrected chi connectivity index (χ2v) is 6.05. The summed E-state index contributed by atoms with van der Waals surface area (Å²) < 4.78 is 10.2. The molecule has 0 saturated heterocycles. The van der Waals surface area contributed by atoms with E-state index in [0.717, 1.165) is 0 Å². The fraction of sp³-hybridized carbons (Fsp3) is 0.176. The lowest BCUT2D eigenvalue weighted by molar-refractivity contribution is 0.0319. The fourth-order valence-electron chi connectivity index (χ4n) is 1.98. The van der Waals surface area contributed by atoms with Crippen LogP contribution in [0.1, 0.15) is 27.6 Å². The third-order valence-corrected chi connectivity index (χ3v) is 4.39. The van der Waals surface area contributed by atoms with Crippen LogP contribution in [0.5, 0.6) is 5.75 Å². The SMILES string of the molecule is COc1ccc(C(=O)C(C)OC(=O)c2c(Cl)ccc(Cl)c2Cl)cc1. The van der Waals surface area contributed by atoms with Crippen molar-refractivity contribution >= 4 is 46.6 Å². The molecule has 0 radical (unpaired) electrons. The van der Waals surface area contributed by atoms with Crippen molar-refractivity contribution in [3.8, 4) is 5.75 Å². The van der Waals surface area contributed by atoms with E-state index in [2.05, 4.69) is 0 Å². The summed E-state index contributed by atoms with van der Waals surface area (Å²) in [6.07, 6.45) is -1.02. The van der Waals surface area contributed by atoms with E-state index in [1.54, 1.807) is 24.3 Å². The summed E-state index contributed by atoms with van der Waals surface area (Å²) in [7, 11) is 1.53. The number of esters is 1. The van der Waals surface area contributed by atoms with Gasteiger partial charge in [-0.25, -0.2) is 4.79 Å². The van der Waals surface area contributed by atoms with E-state index < -0.39 is 12.1 Å². The first-order valence-electron chi connectivity index (χ1n) is 6.88.